The predicted octanol–water partition coefficient (Wildman–Crippen LogP) is 2.18. The van der Waals surface area contributed by atoms with Gasteiger partial charge >= 0.3 is 0 Å². The average Bonchev–Trinajstić information content (AvgIpc) is 2.06. The summed E-state index contributed by atoms with van der Waals surface area (Å²) in [6, 6.07) is 0. The lowest BCUT2D eigenvalue weighted by atomic mass is 10.3. The van der Waals surface area contributed by atoms with Crippen molar-refractivity contribution in [3.63, 3.8) is 0 Å². The molecule has 2 heteroatoms. The van der Waals surface area contributed by atoms with Crippen LogP contribution in [0.15, 0.2) is 11.8 Å². The second-order valence-corrected chi connectivity index (χ2v) is 2.56. The first-order chi connectivity index (χ1) is 5.24. The van der Waals surface area contributed by atoms with E-state index in [4.69, 9.17) is 5.11 Å². The van der Waals surface area contributed by atoms with Gasteiger partial charge in [0.25, 0.3) is 0 Å². The smallest absolute Gasteiger partial charge is 0.0892 e. The van der Waals surface area contributed by atoms with Crippen molar-refractivity contribution in [1.82, 2.24) is 4.90 Å². The summed E-state index contributed by atoms with van der Waals surface area (Å²) >= 11 is 0. The SMILES string of the molecule is CC=C(O)CCN(CC)CC. The van der Waals surface area contributed by atoms with Gasteiger partial charge < -0.3 is 10.0 Å². The lowest BCUT2D eigenvalue weighted by molar-refractivity contribution is 0.282. The third kappa shape index (κ3) is 4.85. The van der Waals surface area contributed by atoms with Crippen LogP contribution in [0, 0.1) is 0 Å². The molecule has 0 unspecified atom stereocenters. The molecule has 0 atom stereocenters. The van der Waals surface area contributed by atoms with E-state index in [0.29, 0.717) is 5.76 Å². The normalized spacial score (nSPS) is 12.5. The summed E-state index contributed by atoms with van der Waals surface area (Å²) in [6.45, 7) is 9.22. The highest BCUT2D eigenvalue weighted by molar-refractivity contribution is 4.87. The lowest BCUT2D eigenvalue weighted by Crippen LogP contribution is -2.24. The number of rotatable bonds is 5. The molecule has 0 bridgehead atoms. The van der Waals surface area contributed by atoms with Crippen LogP contribution in [0.1, 0.15) is 27.2 Å². The van der Waals surface area contributed by atoms with Crippen LogP contribution < -0.4 is 0 Å². The van der Waals surface area contributed by atoms with Crippen molar-refractivity contribution in [2.75, 3.05) is 19.6 Å². The van der Waals surface area contributed by atoms with E-state index in [0.717, 1.165) is 26.1 Å². The summed E-state index contributed by atoms with van der Waals surface area (Å²) in [4.78, 5) is 2.29. The molecular weight excluding hydrogens is 138 g/mol. The molecule has 66 valence electrons. The molecule has 0 saturated heterocycles. The summed E-state index contributed by atoms with van der Waals surface area (Å²) in [5.41, 5.74) is 0. The Morgan fingerprint density at radius 1 is 1.36 bits per heavy atom. The minimum Gasteiger partial charge on any atom is -0.513 e. The second kappa shape index (κ2) is 6.23. The third-order valence-corrected chi connectivity index (χ3v) is 1.91. The van der Waals surface area contributed by atoms with Crippen LogP contribution in [0.2, 0.25) is 0 Å². The average molecular weight is 157 g/mol. The van der Waals surface area contributed by atoms with Gasteiger partial charge in [0, 0.05) is 13.0 Å². The van der Waals surface area contributed by atoms with Crippen molar-refractivity contribution in [3.8, 4) is 0 Å². The molecule has 11 heavy (non-hydrogen) atoms. The monoisotopic (exact) mass is 157 g/mol. The molecule has 0 saturated carbocycles. The van der Waals surface area contributed by atoms with Crippen molar-refractivity contribution < 1.29 is 5.11 Å². The molecule has 0 aromatic carbocycles. The number of allylic oxidation sites excluding steroid dienone is 1. The van der Waals surface area contributed by atoms with Gasteiger partial charge in [0.2, 0.25) is 0 Å². The molecule has 0 aliphatic rings. The number of hydrogen-bond donors (Lipinski definition) is 1. The van der Waals surface area contributed by atoms with Crippen molar-refractivity contribution in [2.24, 2.45) is 0 Å². The van der Waals surface area contributed by atoms with Crippen LogP contribution in [0.3, 0.4) is 0 Å². The van der Waals surface area contributed by atoms with Crippen LogP contribution in [-0.2, 0) is 0 Å². The molecule has 0 amide bonds. The second-order valence-electron chi connectivity index (χ2n) is 2.56. The summed E-state index contributed by atoms with van der Waals surface area (Å²) in [5.74, 6) is 0.497. The van der Waals surface area contributed by atoms with Gasteiger partial charge in [-0.15, -0.1) is 0 Å². The highest BCUT2D eigenvalue weighted by atomic mass is 16.3. The van der Waals surface area contributed by atoms with E-state index in [9.17, 15) is 0 Å². The van der Waals surface area contributed by atoms with Crippen molar-refractivity contribution in [2.45, 2.75) is 27.2 Å². The Hall–Kier alpha value is -0.500. The number of aliphatic hydroxyl groups is 1. The molecule has 2 nitrogen and oxygen atoms in total. The van der Waals surface area contributed by atoms with Gasteiger partial charge in [-0.2, -0.15) is 0 Å². The topological polar surface area (TPSA) is 23.5 Å². The molecule has 0 fully saturated rings. The van der Waals surface area contributed by atoms with Gasteiger partial charge in [-0.3, -0.25) is 0 Å². The largest absolute Gasteiger partial charge is 0.513 e. The zero-order valence-electron chi connectivity index (χ0n) is 7.80. The molecule has 0 aromatic rings. The Kier molecular flexibility index (Phi) is 5.94. The zero-order valence-corrected chi connectivity index (χ0v) is 7.80. The molecular formula is C9H19NO. The van der Waals surface area contributed by atoms with Crippen LogP contribution in [0.5, 0.6) is 0 Å². The van der Waals surface area contributed by atoms with Gasteiger partial charge in [-0.25, -0.2) is 0 Å². The first kappa shape index (κ1) is 10.5. The fourth-order valence-electron chi connectivity index (χ4n) is 0.957. The Morgan fingerprint density at radius 2 is 1.91 bits per heavy atom. The predicted molar refractivity (Wildman–Crippen MR) is 48.8 cm³/mol. The maximum absolute atomic E-state index is 9.13. The Labute approximate surface area is 69.5 Å². The Morgan fingerprint density at radius 3 is 2.27 bits per heavy atom. The maximum atomic E-state index is 9.13. The van der Waals surface area contributed by atoms with Crippen molar-refractivity contribution in [3.05, 3.63) is 11.8 Å². The standard InChI is InChI=1S/C9H19NO/c1-4-9(11)7-8-10(5-2)6-3/h4,11H,5-8H2,1-3H3. The lowest BCUT2D eigenvalue weighted by Gasteiger charge is -2.16. The highest BCUT2D eigenvalue weighted by Crippen LogP contribution is 1.98. The van der Waals surface area contributed by atoms with E-state index in [1.807, 2.05) is 6.92 Å². The summed E-state index contributed by atoms with van der Waals surface area (Å²) < 4.78 is 0. The number of aliphatic hydroxyl groups excluding tert-OH is 1. The first-order valence-electron chi connectivity index (χ1n) is 4.31. The summed E-state index contributed by atoms with van der Waals surface area (Å²) in [6.07, 6.45) is 2.53. The van der Waals surface area contributed by atoms with Gasteiger partial charge in [0.1, 0.15) is 0 Å². The van der Waals surface area contributed by atoms with E-state index >= 15 is 0 Å². The van der Waals surface area contributed by atoms with E-state index in [1.165, 1.54) is 0 Å². The van der Waals surface area contributed by atoms with E-state index in [2.05, 4.69) is 18.7 Å². The molecule has 0 aliphatic carbocycles. The molecule has 0 aromatic heterocycles. The van der Waals surface area contributed by atoms with Gasteiger partial charge in [0.05, 0.1) is 5.76 Å². The molecule has 0 rings (SSSR count). The Balaban J connectivity index is 3.50. The zero-order chi connectivity index (χ0) is 8.69. The summed E-state index contributed by atoms with van der Waals surface area (Å²) in [7, 11) is 0. The van der Waals surface area contributed by atoms with Gasteiger partial charge in [0.15, 0.2) is 0 Å². The van der Waals surface area contributed by atoms with Gasteiger partial charge in [-0.1, -0.05) is 13.8 Å². The molecule has 0 aliphatic heterocycles. The maximum Gasteiger partial charge on any atom is 0.0892 e. The van der Waals surface area contributed by atoms with E-state index in [-0.39, 0.29) is 0 Å². The van der Waals surface area contributed by atoms with Crippen molar-refractivity contribution >= 4 is 0 Å². The number of hydrogen-bond acceptors (Lipinski definition) is 2. The molecule has 0 heterocycles. The third-order valence-electron chi connectivity index (χ3n) is 1.91. The van der Waals surface area contributed by atoms with Crippen LogP contribution in [-0.4, -0.2) is 29.6 Å². The summed E-state index contributed by atoms with van der Waals surface area (Å²) in [5, 5.41) is 9.13. The van der Waals surface area contributed by atoms with Crippen LogP contribution in [0.4, 0.5) is 0 Å². The minimum atomic E-state index is 0.497. The van der Waals surface area contributed by atoms with Crippen molar-refractivity contribution in [1.29, 1.82) is 0 Å². The molecule has 0 radical (unpaired) electrons. The van der Waals surface area contributed by atoms with E-state index in [1.54, 1.807) is 6.08 Å². The highest BCUT2D eigenvalue weighted by Gasteiger charge is 1.98. The Bertz CT molecular complexity index is 117. The molecule has 0 spiro atoms. The van der Waals surface area contributed by atoms with E-state index < -0.39 is 0 Å². The molecule has 1 N–H and O–H groups in total. The fourth-order valence-corrected chi connectivity index (χ4v) is 0.957. The van der Waals surface area contributed by atoms with Crippen LogP contribution in [0.25, 0.3) is 0 Å². The fraction of sp³-hybridized carbons (Fsp3) is 0.778. The minimum absolute atomic E-state index is 0.497. The first-order valence-corrected chi connectivity index (χ1v) is 4.31. The van der Waals surface area contributed by atoms with Crippen LogP contribution >= 0.6 is 0 Å². The number of nitrogens with zero attached hydrogens (tertiary/aromatic N) is 1. The quantitative estimate of drug-likeness (QED) is 0.618. The van der Waals surface area contributed by atoms with Gasteiger partial charge in [-0.05, 0) is 26.1 Å².